The van der Waals surface area contributed by atoms with E-state index in [1.54, 1.807) is 10.9 Å². The first-order valence-corrected chi connectivity index (χ1v) is 12.6. The number of nitrogens with one attached hydrogen (secondary N) is 1. The lowest BCUT2D eigenvalue weighted by Gasteiger charge is -2.19. The number of anilines is 1. The molecule has 2 aromatic heterocycles. The lowest BCUT2D eigenvalue weighted by molar-refractivity contribution is 0.102. The minimum Gasteiger partial charge on any atom is -0.305 e. The maximum absolute atomic E-state index is 13.5. The molecule has 7 heteroatoms. The van der Waals surface area contributed by atoms with Gasteiger partial charge in [0.25, 0.3) is 5.91 Å². The van der Waals surface area contributed by atoms with Crippen molar-refractivity contribution < 1.29 is 4.79 Å². The molecule has 0 radical (unpaired) electrons. The summed E-state index contributed by atoms with van der Waals surface area (Å²) in [6, 6.07) is 32.1. The van der Waals surface area contributed by atoms with Crippen molar-refractivity contribution in [2.75, 3.05) is 11.9 Å². The Morgan fingerprint density at radius 2 is 1.54 bits per heavy atom. The van der Waals surface area contributed by atoms with Gasteiger partial charge < -0.3 is 5.32 Å². The number of aromatic nitrogens is 4. The van der Waals surface area contributed by atoms with Crippen LogP contribution >= 0.6 is 0 Å². The number of hydrogen-bond donors (Lipinski definition) is 1. The second kappa shape index (κ2) is 10.2. The molecule has 0 fully saturated rings. The molecule has 1 N–H and O–H groups in total. The number of para-hydroxylation sites is 1. The average Bonchev–Trinajstić information content (AvgIpc) is 3.50. The molecule has 0 unspecified atom stereocenters. The van der Waals surface area contributed by atoms with Crippen molar-refractivity contribution >= 4 is 11.7 Å². The molecule has 3 aromatic carbocycles. The second-order valence-corrected chi connectivity index (χ2v) is 9.29. The Balaban J connectivity index is 1.25. The summed E-state index contributed by atoms with van der Waals surface area (Å²) in [5, 5.41) is 12.5. The van der Waals surface area contributed by atoms with Crippen molar-refractivity contribution in [3.63, 3.8) is 0 Å². The van der Waals surface area contributed by atoms with E-state index in [1.165, 1.54) is 5.56 Å². The highest BCUT2D eigenvalue weighted by molar-refractivity contribution is 6.07. The van der Waals surface area contributed by atoms with E-state index in [-0.39, 0.29) is 5.91 Å². The molecule has 1 amide bonds. The van der Waals surface area contributed by atoms with E-state index >= 15 is 0 Å². The first-order valence-electron chi connectivity index (χ1n) is 12.6. The summed E-state index contributed by atoms with van der Waals surface area (Å²) >= 11 is 0. The zero-order chi connectivity index (χ0) is 25.0. The molecule has 3 heterocycles. The molecule has 7 nitrogen and oxygen atoms in total. The van der Waals surface area contributed by atoms with Gasteiger partial charge in [-0.1, -0.05) is 78.9 Å². The van der Waals surface area contributed by atoms with Gasteiger partial charge in [-0.25, -0.2) is 4.68 Å². The smallest absolute Gasteiger partial charge is 0.260 e. The predicted molar refractivity (Wildman–Crippen MR) is 144 cm³/mol. The largest absolute Gasteiger partial charge is 0.305 e. The SMILES string of the molecule is O=C(Nc1cc2n(n1)CCCN(Cc1ccccc1)C2)c1cn(-c2ccccc2)nc1-c1ccccc1. The first-order chi connectivity index (χ1) is 18.2. The summed E-state index contributed by atoms with van der Waals surface area (Å²) < 4.78 is 3.77. The highest BCUT2D eigenvalue weighted by Crippen LogP contribution is 2.25. The lowest BCUT2D eigenvalue weighted by atomic mass is 10.1. The van der Waals surface area contributed by atoms with E-state index in [0.29, 0.717) is 17.1 Å². The quantitative estimate of drug-likeness (QED) is 0.348. The Morgan fingerprint density at radius 1 is 0.838 bits per heavy atom. The topological polar surface area (TPSA) is 68.0 Å². The number of carbonyl (C=O) groups excluding carboxylic acids is 1. The maximum atomic E-state index is 13.5. The average molecular weight is 489 g/mol. The summed E-state index contributed by atoms with van der Waals surface area (Å²) in [7, 11) is 0. The van der Waals surface area contributed by atoms with Gasteiger partial charge in [0, 0.05) is 44.0 Å². The van der Waals surface area contributed by atoms with Crippen LogP contribution in [0.4, 0.5) is 5.82 Å². The van der Waals surface area contributed by atoms with Crippen molar-refractivity contribution in [2.45, 2.75) is 26.1 Å². The normalized spacial score (nSPS) is 13.6. The lowest BCUT2D eigenvalue weighted by Crippen LogP contribution is -2.22. The van der Waals surface area contributed by atoms with E-state index in [0.717, 1.165) is 49.5 Å². The summed E-state index contributed by atoms with van der Waals surface area (Å²) in [5.74, 6) is 0.337. The molecule has 1 aliphatic heterocycles. The monoisotopic (exact) mass is 488 g/mol. The number of rotatable bonds is 6. The Hall–Kier alpha value is -4.49. The fraction of sp³-hybridized carbons (Fsp3) is 0.167. The van der Waals surface area contributed by atoms with Crippen LogP contribution in [0.3, 0.4) is 0 Å². The molecule has 0 atom stereocenters. The zero-order valence-corrected chi connectivity index (χ0v) is 20.5. The van der Waals surface area contributed by atoms with Gasteiger partial charge in [-0.3, -0.25) is 14.4 Å². The molecular formula is C30H28N6O. The number of fused-ring (bicyclic) bond motifs is 1. The van der Waals surface area contributed by atoms with Crippen LogP contribution in [0.15, 0.2) is 103 Å². The van der Waals surface area contributed by atoms with Crippen LogP contribution in [0.2, 0.25) is 0 Å². The van der Waals surface area contributed by atoms with Crippen LogP contribution in [-0.2, 0) is 19.6 Å². The van der Waals surface area contributed by atoms with Crippen molar-refractivity contribution in [3.8, 4) is 16.9 Å². The number of benzene rings is 3. The van der Waals surface area contributed by atoms with Crippen molar-refractivity contribution in [2.24, 2.45) is 0 Å². The van der Waals surface area contributed by atoms with E-state index < -0.39 is 0 Å². The molecule has 184 valence electrons. The number of hydrogen-bond acceptors (Lipinski definition) is 4. The number of aryl methyl sites for hydroxylation is 1. The van der Waals surface area contributed by atoms with Gasteiger partial charge in [0.1, 0.15) is 5.69 Å². The van der Waals surface area contributed by atoms with Crippen LogP contribution in [0.1, 0.15) is 28.0 Å². The van der Waals surface area contributed by atoms with E-state index in [2.05, 4.69) is 34.5 Å². The Kier molecular flexibility index (Phi) is 6.35. The van der Waals surface area contributed by atoms with Crippen LogP contribution in [-0.4, -0.2) is 36.9 Å². The van der Waals surface area contributed by atoms with Crippen molar-refractivity contribution in [1.82, 2.24) is 24.5 Å². The Labute approximate surface area is 216 Å². The maximum Gasteiger partial charge on any atom is 0.260 e. The minimum absolute atomic E-state index is 0.226. The first kappa shape index (κ1) is 22.9. The van der Waals surface area contributed by atoms with E-state index in [1.807, 2.05) is 77.5 Å². The molecule has 1 aliphatic rings. The molecule has 37 heavy (non-hydrogen) atoms. The van der Waals surface area contributed by atoms with Crippen molar-refractivity contribution in [1.29, 1.82) is 0 Å². The fourth-order valence-corrected chi connectivity index (χ4v) is 4.81. The number of amides is 1. The minimum atomic E-state index is -0.226. The highest BCUT2D eigenvalue weighted by Gasteiger charge is 2.22. The van der Waals surface area contributed by atoms with E-state index in [4.69, 9.17) is 10.2 Å². The standard InChI is InChI=1S/C30H28N6O/c37-30(27-22-36(25-15-8-3-9-16-25)33-29(27)24-13-6-2-7-14-24)31-28-19-26-21-34(17-10-18-35(26)32-28)20-23-11-4-1-5-12-23/h1-9,11-16,19,22H,10,17-18,20-21H2,(H,31,32,37). The number of carbonyl (C=O) groups is 1. The molecule has 6 rings (SSSR count). The molecule has 0 aliphatic carbocycles. The third-order valence-electron chi connectivity index (χ3n) is 6.61. The summed E-state index contributed by atoms with van der Waals surface area (Å²) in [6.45, 7) is 3.53. The predicted octanol–water partition coefficient (Wildman–Crippen LogP) is 5.39. The molecule has 0 spiro atoms. The second-order valence-electron chi connectivity index (χ2n) is 9.29. The Morgan fingerprint density at radius 3 is 2.30 bits per heavy atom. The summed E-state index contributed by atoms with van der Waals surface area (Å²) in [5.41, 5.74) is 5.33. The van der Waals surface area contributed by atoms with Gasteiger partial charge in [0.2, 0.25) is 0 Å². The van der Waals surface area contributed by atoms with Crippen molar-refractivity contribution in [3.05, 3.63) is 120 Å². The summed E-state index contributed by atoms with van der Waals surface area (Å²) in [6.07, 6.45) is 2.80. The van der Waals surface area contributed by atoms with Crippen LogP contribution in [0, 0.1) is 0 Å². The van der Waals surface area contributed by atoms with Crippen LogP contribution in [0.25, 0.3) is 16.9 Å². The zero-order valence-electron chi connectivity index (χ0n) is 20.5. The Bertz CT molecular complexity index is 1490. The van der Waals surface area contributed by atoms with Crippen LogP contribution in [0.5, 0.6) is 0 Å². The molecule has 0 saturated carbocycles. The summed E-state index contributed by atoms with van der Waals surface area (Å²) in [4.78, 5) is 15.9. The van der Waals surface area contributed by atoms with Crippen LogP contribution < -0.4 is 5.32 Å². The van der Waals surface area contributed by atoms with Gasteiger partial charge >= 0.3 is 0 Å². The van der Waals surface area contributed by atoms with Gasteiger partial charge in [-0.2, -0.15) is 10.2 Å². The van der Waals surface area contributed by atoms with Gasteiger partial charge in [-0.05, 0) is 24.1 Å². The molecule has 0 bridgehead atoms. The molecular weight excluding hydrogens is 460 g/mol. The third-order valence-corrected chi connectivity index (χ3v) is 6.61. The molecule has 5 aromatic rings. The van der Waals surface area contributed by atoms with Gasteiger partial charge in [-0.15, -0.1) is 0 Å². The van der Waals surface area contributed by atoms with Gasteiger partial charge in [0.05, 0.1) is 16.9 Å². The number of nitrogens with zero attached hydrogens (tertiary/aromatic N) is 5. The molecule has 0 saturated heterocycles. The van der Waals surface area contributed by atoms with E-state index in [9.17, 15) is 4.79 Å². The highest BCUT2D eigenvalue weighted by atomic mass is 16.1. The fourth-order valence-electron chi connectivity index (χ4n) is 4.81. The van der Waals surface area contributed by atoms with Gasteiger partial charge in [0.15, 0.2) is 5.82 Å². The third kappa shape index (κ3) is 5.08.